The van der Waals surface area contributed by atoms with E-state index in [4.69, 9.17) is 9.47 Å². The van der Waals surface area contributed by atoms with Gasteiger partial charge in [-0.2, -0.15) is 0 Å². The molecule has 26 heavy (non-hydrogen) atoms. The molecular weight excluding hydrogens is 328 g/mol. The molecule has 1 amide bonds. The first-order valence-electron chi connectivity index (χ1n) is 9.31. The summed E-state index contributed by atoms with van der Waals surface area (Å²) in [6.45, 7) is 2.97. The van der Waals surface area contributed by atoms with E-state index >= 15 is 0 Å². The predicted octanol–water partition coefficient (Wildman–Crippen LogP) is 2.95. The maximum atomic E-state index is 12.7. The van der Waals surface area contributed by atoms with E-state index in [9.17, 15) is 4.79 Å². The molecule has 2 aliphatic heterocycles. The Morgan fingerprint density at radius 2 is 2.08 bits per heavy atom. The first-order chi connectivity index (χ1) is 12.8. The van der Waals surface area contributed by atoms with E-state index in [1.54, 1.807) is 12.3 Å². The summed E-state index contributed by atoms with van der Waals surface area (Å²) in [5, 5.41) is 0. The Morgan fingerprint density at radius 1 is 1.19 bits per heavy atom. The fourth-order valence-electron chi connectivity index (χ4n) is 3.67. The average molecular weight is 352 g/mol. The summed E-state index contributed by atoms with van der Waals surface area (Å²) < 4.78 is 11.1. The van der Waals surface area contributed by atoms with Gasteiger partial charge in [-0.25, -0.2) is 4.98 Å². The van der Waals surface area contributed by atoms with Gasteiger partial charge in [0.2, 0.25) is 5.88 Å². The van der Waals surface area contributed by atoms with Crippen LogP contribution in [0.4, 0.5) is 0 Å². The molecule has 0 N–H and O–H groups in total. The normalized spacial score (nSPS) is 22.5. The second-order valence-corrected chi connectivity index (χ2v) is 7.08. The Kier molecular flexibility index (Phi) is 5.16. The lowest BCUT2D eigenvalue weighted by atomic mass is 9.99. The number of likely N-dealkylation sites (tertiary alicyclic amines) is 1. The fourth-order valence-corrected chi connectivity index (χ4v) is 3.67. The molecule has 136 valence electrons. The highest BCUT2D eigenvalue weighted by Crippen LogP contribution is 2.23. The van der Waals surface area contributed by atoms with E-state index in [1.807, 2.05) is 17.0 Å². The number of benzene rings is 1. The van der Waals surface area contributed by atoms with Crippen LogP contribution in [-0.2, 0) is 11.2 Å². The van der Waals surface area contributed by atoms with Crippen LogP contribution in [0.3, 0.4) is 0 Å². The van der Waals surface area contributed by atoms with Crippen molar-refractivity contribution in [3.8, 4) is 5.88 Å². The first kappa shape index (κ1) is 17.0. The molecular formula is C21H24N2O3. The molecule has 4 rings (SSSR count). The van der Waals surface area contributed by atoms with Gasteiger partial charge in [-0.3, -0.25) is 4.79 Å². The van der Waals surface area contributed by atoms with Crippen molar-refractivity contribution in [2.45, 2.75) is 25.4 Å². The lowest BCUT2D eigenvalue weighted by Gasteiger charge is -2.17. The largest absolute Gasteiger partial charge is 0.472 e. The van der Waals surface area contributed by atoms with Crippen molar-refractivity contribution >= 4 is 5.91 Å². The van der Waals surface area contributed by atoms with Crippen molar-refractivity contribution in [2.24, 2.45) is 5.92 Å². The van der Waals surface area contributed by atoms with Crippen LogP contribution in [0.5, 0.6) is 5.88 Å². The van der Waals surface area contributed by atoms with Crippen molar-refractivity contribution in [1.82, 2.24) is 9.88 Å². The molecule has 0 spiro atoms. The van der Waals surface area contributed by atoms with Gasteiger partial charge in [-0.1, -0.05) is 30.3 Å². The third kappa shape index (κ3) is 4.05. The number of amides is 1. The summed E-state index contributed by atoms with van der Waals surface area (Å²) in [6, 6.07) is 14.1. The molecule has 5 heteroatoms. The molecule has 0 bridgehead atoms. The zero-order valence-electron chi connectivity index (χ0n) is 14.8. The highest BCUT2D eigenvalue weighted by atomic mass is 16.5. The van der Waals surface area contributed by atoms with Gasteiger partial charge in [-0.05, 0) is 30.4 Å². The van der Waals surface area contributed by atoms with E-state index in [0.717, 1.165) is 39.0 Å². The Hall–Kier alpha value is -2.40. The van der Waals surface area contributed by atoms with Gasteiger partial charge in [0.1, 0.15) is 6.10 Å². The smallest absolute Gasteiger partial charge is 0.255 e. The molecule has 2 atom stereocenters. The van der Waals surface area contributed by atoms with Crippen LogP contribution in [0.2, 0.25) is 0 Å². The third-order valence-electron chi connectivity index (χ3n) is 5.10. The fraction of sp³-hybridized carbons (Fsp3) is 0.429. The van der Waals surface area contributed by atoms with Gasteiger partial charge >= 0.3 is 0 Å². The molecule has 5 nitrogen and oxygen atoms in total. The third-order valence-corrected chi connectivity index (χ3v) is 5.10. The van der Waals surface area contributed by atoms with Crippen LogP contribution in [0, 0.1) is 5.92 Å². The summed E-state index contributed by atoms with van der Waals surface area (Å²) in [6.07, 6.45) is 4.66. The summed E-state index contributed by atoms with van der Waals surface area (Å²) in [7, 11) is 0. The molecule has 2 unspecified atom stereocenters. The second-order valence-electron chi connectivity index (χ2n) is 7.08. The van der Waals surface area contributed by atoms with Crippen LogP contribution >= 0.6 is 0 Å². The van der Waals surface area contributed by atoms with Gasteiger partial charge in [0.15, 0.2) is 0 Å². The van der Waals surface area contributed by atoms with Crippen molar-refractivity contribution in [3.05, 3.63) is 59.8 Å². The molecule has 2 saturated heterocycles. The Morgan fingerprint density at radius 3 is 2.81 bits per heavy atom. The molecule has 2 fully saturated rings. The van der Waals surface area contributed by atoms with Gasteiger partial charge in [0, 0.05) is 31.8 Å². The number of pyridine rings is 1. The quantitative estimate of drug-likeness (QED) is 0.830. The lowest BCUT2D eigenvalue weighted by molar-refractivity contribution is 0.0786. The van der Waals surface area contributed by atoms with E-state index in [-0.39, 0.29) is 12.0 Å². The minimum Gasteiger partial charge on any atom is -0.472 e. The van der Waals surface area contributed by atoms with Gasteiger partial charge in [0.05, 0.1) is 18.8 Å². The summed E-state index contributed by atoms with van der Waals surface area (Å²) in [5.41, 5.74) is 1.96. The van der Waals surface area contributed by atoms with Gasteiger partial charge in [-0.15, -0.1) is 0 Å². The molecule has 0 radical (unpaired) electrons. The van der Waals surface area contributed by atoms with Gasteiger partial charge < -0.3 is 14.4 Å². The molecule has 2 aromatic rings. The van der Waals surface area contributed by atoms with Crippen LogP contribution in [0.15, 0.2) is 48.7 Å². The van der Waals surface area contributed by atoms with Crippen LogP contribution in [0.25, 0.3) is 0 Å². The second kappa shape index (κ2) is 7.87. The van der Waals surface area contributed by atoms with E-state index in [2.05, 4.69) is 29.2 Å². The lowest BCUT2D eigenvalue weighted by Crippen LogP contribution is -2.29. The number of rotatable bonds is 5. The molecule has 3 heterocycles. The zero-order chi connectivity index (χ0) is 17.8. The number of carbonyl (C=O) groups excluding carboxylic acids is 1. The molecule has 2 aliphatic rings. The molecule has 1 aromatic carbocycles. The number of hydrogen-bond donors (Lipinski definition) is 0. The topological polar surface area (TPSA) is 51.7 Å². The highest BCUT2D eigenvalue weighted by molar-refractivity contribution is 5.94. The van der Waals surface area contributed by atoms with E-state index in [1.165, 1.54) is 5.56 Å². The van der Waals surface area contributed by atoms with Crippen LogP contribution < -0.4 is 4.74 Å². The molecule has 1 aromatic heterocycles. The summed E-state index contributed by atoms with van der Waals surface area (Å²) >= 11 is 0. The molecule has 0 aliphatic carbocycles. The molecule has 0 saturated carbocycles. The predicted molar refractivity (Wildman–Crippen MR) is 98.2 cm³/mol. The van der Waals surface area contributed by atoms with Crippen molar-refractivity contribution in [2.75, 3.05) is 26.3 Å². The van der Waals surface area contributed by atoms with Crippen LogP contribution in [0.1, 0.15) is 28.8 Å². The average Bonchev–Trinajstić information content (AvgIpc) is 3.35. The Labute approximate surface area is 153 Å². The number of carbonyl (C=O) groups is 1. The SMILES string of the molecule is O=C(c1ccc(OC2CCOC2)nc1)N1CCC(Cc2ccccc2)C1. The van der Waals surface area contributed by atoms with E-state index in [0.29, 0.717) is 24.0 Å². The number of aromatic nitrogens is 1. The van der Waals surface area contributed by atoms with E-state index < -0.39 is 0 Å². The Balaban J connectivity index is 1.32. The number of ether oxygens (including phenoxy) is 2. The first-order valence-corrected chi connectivity index (χ1v) is 9.31. The number of nitrogens with zero attached hydrogens (tertiary/aromatic N) is 2. The maximum absolute atomic E-state index is 12.7. The minimum atomic E-state index is 0.0591. The van der Waals surface area contributed by atoms with Crippen molar-refractivity contribution in [3.63, 3.8) is 0 Å². The Bertz CT molecular complexity index is 727. The minimum absolute atomic E-state index is 0.0591. The van der Waals surface area contributed by atoms with Crippen molar-refractivity contribution in [1.29, 1.82) is 0 Å². The maximum Gasteiger partial charge on any atom is 0.255 e. The highest BCUT2D eigenvalue weighted by Gasteiger charge is 2.27. The summed E-state index contributed by atoms with van der Waals surface area (Å²) in [4.78, 5) is 19.0. The summed E-state index contributed by atoms with van der Waals surface area (Å²) in [5.74, 6) is 1.14. The van der Waals surface area contributed by atoms with Crippen molar-refractivity contribution < 1.29 is 14.3 Å². The van der Waals surface area contributed by atoms with Crippen LogP contribution in [-0.4, -0.2) is 48.2 Å². The van der Waals surface area contributed by atoms with Gasteiger partial charge in [0.25, 0.3) is 5.91 Å². The zero-order valence-corrected chi connectivity index (χ0v) is 14.8. The number of hydrogen-bond acceptors (Lipinski definition) is 4. The monoisotopic (exact) mass is 352 g/mol. The standard InChI is InChI=1S/C21H24N2O3/c24-21(18-6-7-20(22-13-18)26-19-9-11-25-15-19)23-10-8-17(14-23)12-16-4-2-1-3-5-16/h1-7,13,17,19H,8-12,14-15H2.